The molecule has 2 aromatic heterocycles. The van der Waals surface area contributed by atoms with E-state index in [1.54, 1.807) is 54.2 Å². The number of halogens is 1. The minimum Gasteiger partial charge on any atom is -0.348 e. The molecule has 0 bridgehead atoms. The highest BCUT2D eigenvalue weighted by Gasteiger charge is 2.21. The van der Waals surface area contributed by atoms with Crippen LogP contribution in [0.2, 0.25) is 0 Å². The molecule has 0 atom stereocenters. The summed E-state index contributed by atoms with van der Waals surface area (Å²) in [5.41, 5.74) is 2.63. The lowest BCUT2D eigenvalue weighted by Gasteiger charge is -2.11. The van der Waals surface area contributed by atoms with Crippen LogP contribution in [0.3, 0.4) is 0 Å². The minimum absolute atomic E-state index is 0.0855. The van der Waals surface area contributed by atoms with Gasteiger partial charge in [0.05, 0.1) is 15.4 Å². The third kappa shape index (κ3) is 4.06. The highest BCUT2D eigenvalue weighted by Crippen LogP contribution is 2.26. The topological polar surface area (TPSA) is 80.5 Å². The molecule has 0 aliphatic heterocycles. The second-order valence-corrected chi connectivity index (χ2v) is 9.23. The van der Waals surface area contributed by atoms with Crippen molar-refractivity contribution in [1.29, 1.82) is 0 Å². The van der Waals surface area contributed by atoms with E-state index in [4.69, 9.17) is 0 Å². The second kappa shape index (κ2) is 7.96. The van der Waals surface area contributed by atoms with Crippen molar-refractivity contribution in [3.8, 4) is 0 Å². The number of rotatable bonds is 5. The van der Waals surface area contributed by atoms with Crippen LogP contribution in [-0.2, 0) is 16.4 Å². The molecule has 0 saturated carbocycles. The van der Waals surface area contributed by atoms with Crippen molar-refractivity contribution < 1.29 is 17.6 Å². The fourth-order valence-corrected chi connectivity index (χ4v) is 4.86. The van der Waals surface area contributed by atoms with Crippen molar-refractivity contribution in [1.82, 2.24) is 14.7 Å². The number of nitrogens with one attached hydrogen (secondary N) is 1. The van der Waals surface area contributed by atoms with Gasteiger partial charge in [-0.3, -0.25) is 4.79 Å². The Bertz CT molecular complexity index is 1390. The summed E-state index contributed by atoms with van der Waals surface area (Å²) in [7, 11) is -3.78. The molecule has 6 nitrogen and oxygen atoms in total. The molecule has 4 aromatic rings. The van der Waals surface area contributed by atoms with Crippen molar-refractivity contribution >= 4 is 21.4 Å². The molecule has 0 fully saturated rings. The van der Waals surface area contributed by atoms with E-state index in [2.05, 4.69) is 10.3 Å². The number of carbonyl (C=O) groups excluding carboxylic acids is 1. The first-order valence-electron chi connectivity index (χ1n) is 9.57. The quantitative estimate of drug-likeness (QED) is 0.481. The van der Waals surface area contributed by atoms with Crippen LogP contribution < -0.4 is 5.32 Å². The van der Waals surface area contributed by atoms with Crippen LogP contribution in [0.5, 0.6) is 0 Å². The predicted octanol–water partition coefficient (Wildman–Crippen LogP) is 3.85. The van der Waals surface area contributed by atoms with E-state index < -0.39 is 15.7 Å². The predicted molar refractivity (Wildman–Crippen MR) is 114 cm³/mol. The lowest BCUT2D eigenvalue weighted by molar-refractivity contribution is 0.0950. The number of hydrogen-bond donors (Lipinski definition) is 1. The van der Waals surface area contributed by atoms with E-state index in [1.165, 1.54) is 31.2 Å². The van der Waals surface area contributed by atoms with E-state index in [0.29, 0.717) is 11.1 Å². The van der Waals surface area contributed by atoms with Gasteiger partial charge >= 0.3 is 0 Å². The Kier molecular flexibility index (Phi) is 5.32. The van der Waals surface area contributed by atoms with Crippen LogP contribution in [0.1, 0.15) is 27.0 Å². The number of benzene rings is 2. The van der Waals surface area contributed by atoms with Gasteiger partial charge in [-0.1, -0.05) is 12.1 Å². The van der Waals surface area contributed by atoms with Gasteiger partial charge < -0.3 is 9.72 Å². The molecule has 0 unspecified atom stereocenters. The molecule has 0 radical (unpaired) electrons. The van der Waals surface area contributed by atoms with Crippen molar-refractivity contribution in [3.63, 3.8) is 0 Å². The molecule has 0 aliphatic rings. The molecule has 8 heteroatoms. The van der Waals surface area contributed by atoms with Gasteiger partial charge in [0, 0.05) is 25.1 Å². The summed E-state index contributed by atoms with van der Waals surface area (Å²) in [5.74, 6) is -0.681. The van der Waals surface area contributed by atoms with Crippen LogP contribution in [0.25, 0.3) is 5.65 Å². The molecular formula is C23H20FN3O3S. The molecule has 0 saturated heterocycles. The van der Waals surface area contributed by atoms with Crippen molar-refractivity contribution in [2.75, 3.05) is 0 Å². The molecule has 1 amide bonds. The largest absolute Gasteiger partial charge is 0.348 e. The van der Waals surface area contributed by atoms with Crippen LogP contribution in [-0.4, -0.2) is 23.7 Å². The van der Waals surface area contributed by atoms with Crippen LogP contribution >= 0.6 is 0 Å². The molecular weight excluding hydrogens is 417 g/mol. The van der Waals surface area contributed by atoms with Gasteiger partial charge in [-0.2, -0.15) is 0 Å². The van der Waals surface area contributed by atoms with Gasteiger partial charge in [0.25, 0.3) is 5.91 Å². The molecule has 31 heavy (non-hydrogen) atoms. The zero-order valence-electron chi connectivity index (χ0n) is 17.0. The number of aryl methyl sites for hydroxylation is 2. The Hall–Kier alpha value is -3.52. The highest BCUT2D eigenvalue weighted by molar-refractivity contribution is 7.91. The fourth-order valence-electron chi connectivity index (χ4n) is 3.30. The first kappa shape index (κ1) is 20.7. The van der Waals surface area contributed by atoms with Crippen molar-refractivity contribution in [3.05, 3.63) is 95.2 Å². The zero-order chi connectivity index (χ0) is 22.2. The van der Waals surface area contributed by atoms with Crippen LogP contribution in [0, 0.1) is 19.7 Å². The van der Waals surface area contributed by atoms with Crippen LogP contribution in [0.15, 0.2) is 76.9 Å². The van der Waals surface area contributed by atoms with Gasteiger partial charge in [0.2, 0.25) is 9.84 Å². The molecule has 0 spiro atoms. The average molecular weight is 437 g/mol. The number of carbonyl (C=O) groups is 1. The number of sulfone groups is 1. The molecule has 1 N–H and O–H groups in total. The van der Waals surface area contributed by atoms with Crippen molar-refractivity contribution in [2.45, 2.75) is 30.2 Å². The summed E-state index contributed by atoms with van der Waals surface area (Å²) in [5, 5.41) is 2.82. The average Bonchev–Trinajstić information content (AvgIpc) is 3.22. The Labute approximate surface area is 179 Å². The lowest BCUT2D eigenvalue weighted by Crippen LogP contribution is -2.23. The number of imidazole rings is 1. The second-order valence-electron chi connectivity index (χ2n) is 7.31. The smallest absolute Gasteiger partial charge is 0.253 e. The monoisotopic (exact) mass is 437 g/mol. The van der Waals surface area contributed by atoms with Gasteiger partial charge in [-0.05, 0) is 66.9 Å². The summed E-state index contributed by atoms with van der Waals surface area (Å²) in [6.45, 7) is 3.35. The van der Waals surface area contributed by atoms with Crippen molar-refractivity contribution in [2.24, 2.45) is 0 Å². The van der Waals surface area contributed by atoms with Gasteiger partial charge in [0.1, 0.15) is 11.5 Å². The fraction of sp³-hybridized carbons (Fsp3) is 0.130. The van der Waals surface area contributed by atoms with Gasteiger partial charge in [-0.15, -0.1) is 0 Å². The third-order valence-electron chi connectivity index (χ3n) is 5.08. The van der Waals surface area contributed by atoms with Gasteiger partial charge in [0.15, 0.2) is 0 Å². The molecule has 4 rings (SSSR count). The number of aromatic nitrogens is 2. The zero-order valence-corrected chi connectivity index (χ0v) is 17.8. The number of fused-ring (bicyclic) bond motifs is 1. The lowest BCUT2D eigenvalue weighted by atomic mass is 10.1. The summed E-state index contributed by atoms with van der Waals surface area (Å²) >= 11 is 0. The Morgan fingerprint density at radius 1 is 1.06 bits per heavy atom. The maximum atomic E-state index is 13.7. The summed E-state index contributed by atoms with van der Waals surface area (Å²) in [4.78, 5) is 16.8. The standard InChI is InChI=1S/C23H20FN3O3S/c1-15-12-21(16(2)11-20(15)24)31(29,30)19-6-3-17(4-7-19)13-26-23(28)18-5-8-22-25-9-10-27(22)14-18/h3-12,14H,13H2,1-2H3,(H,26,28). The van der Waals surface area contributed by atoms with E-state index in [-0.39, 0.29) is 27.8 Å². The number of pyridine rings is 1. The summed E-state index contributed by atoms with van der Waals surface area (Å²) < 4.78 is 41.4. The third-order valence-corrected chi connectivity index (χ3v) is 7.00. The maximum Gasteiger partial charge on any atom is 0.253 e. The molecule has 158 valence electrons. The Morgan fingerprint density at radius 3 is 2.55 bits per heavy atom. The van der Waals surface area contributed by atoms with E-state index in [1.807, 2.05) is 0 Å². The van der Waals surface area contributed by atoms with E-state index >= 15 is 0 Å². The first-order valence-corrected chi connectivity index (χ1v) is 11.1. The minimum atomic E-state index is -3.78. The van der Waals surface area contributed by atoms with E-state index in [0.717, 1.165) is 11.2 Å². The summed E-state index contributed by atoms with van der Waals surface area (Å²) in [6, 6.07) is 12.3. The molecule has 2 aromatic carbocycles. The van der Waals surface area contributed by atoms with Crippen LogP contribution in [0.4, 0.5) is 4.39 Å². The number of hydrogen-bond acceptors (Lipinski definition) is 4. The highest BCUT2D eigenvalue weighted by atomic mass is 32.2. The Morgan fingerprint density at radius 2 is 1.81 bits per heavy atom. The van der Waals surface area contributed by atoms with Gasteiger partial charge in [-0.25, -0.2) is 17.8 Å². The molecule has 0 aliphatic carbocycles. The SMILES string of the molecule is Cc1cc(S(=O)(=O)c2ccc(CNC(=O)c3ccc4nccn4c3)cc2)c(C)cc1F. The maximum absolute atomic E-state index is 13.7. The first-order chi connectivity index (χ1) is 14.8. The number of amides is 1. The van der Waals surface area contributed by atoms with E-state index in [9.17, 15) is 17.6 Å². The summed E-state index contributed by atoms with van der Waals surface area (Å²) in [6.07, 6.45) is 5.11. The Balaban J connectivity index is 1.49. The molecule has 2 heterocycles. The normalized spacial score (nSPS) is 11.6. The number of nitrogens with zero attached hydrogens (tertiary/aromatic N) is 2.